The third kappa shape index (κ3) is 3.72. The van der Waals surface area contributed by atoms with E-state index in [1.54, 1.807) is 13.8 Å². The van der Waals surface area contributed by atoms with Crippen molar-refractivity contribution >= 4 is 26.5 Å². The lowest BCUT2D eigenvalue weighted by Gasteiger charge is -2.20. The summed E-state index contributed by atoms with van der Waals surface area (Å²) in [5, 5.41) is 3.40. The maximum Gasteiger partial charge on any atom is 0.238 e. The van der Waals surface area contributed by atoms with Crippen LogP contribution in [0.4, 0.5) is 0 Å². The van der Waals surface area contributed by atoms with Crippen molar-refractivity contribution in [3.8, 4) is 0 Å². The largest absolute Gasteiger partial charge is 0.348 e. The van der Waals surface area contributed by atoms with E-state index in [9.17, 15) is 13.2 Å². The number of carbonyl (C=O) groups is 1. The number of nitrogens with one attached hydrogen (secondary N) is 1. The van der Waals surface area contributed by atoms with Crippen molar-refractivity contribution in [3.63, 3.8) is 0 Å². The minimum absolute atomic E-state index is 0.253. The summed E-state index contributed by atoms with van der Waals surface area (Å²) in [7, 11) is -3.45. The fourth-order valence-corrected chi connectivity index (χ4v) is 3.63. The van der Waals surface area contributed by atoms with E-state index >= 15 is 0 Å². The molecule has 5 heteroatoms. The average Bonchev–Trinajstić information content (AvgIpc) is 2.53. The Morgan fingerprint density at radius 2 is 1.57 bits per heavy atom. The van der Waals surface area contributed by atoms with E-state index in [1.807, 2.05) is 49.4 Å². The third-order valence-corrected chi connectivity index (χ3v) is 6.67. The molecule has 2 atom stereocenters. The van der Waals surface area contributed by atoms with Gasteiger partial charge in [-0.15, -0.1) is 0 Å². The molecule has 124 valence electrons. The predicted octanol–water partition coefficient (Wildman–Crippen LogP) is 3.23. The predicted molar refractivity (Wildman–Crippen MR) is 94.0 cm³/mol. The Bertz CT molecular complexity index is 812. The number of rotatable bonds is 5. The summed E-state index contributed by atoms with van der Waals surface area (Å²) in [6.45, 7) is 6.48. The van der Waals surface area contributed by atoms with E-state index < -0.39 is 26.2 Å². The van der Waals surface area contributed by atoms with Gasteiger partial charge in [0.25, 0.3) is 0 Å². The standard InChI is InChI=1S/C18H23NO3S/c1-12(2)23(21,22)14(4)18(20)19-13(3)16-10-9-15-7-5-6-8-17(15)11-16/h5-14H,1-4H3,(H,19,20). The minimum Gasteiger partial charge on any atom is -0.348 e. The maximum atomic E-state index is 12.3. The first-order valence-electron chi connectivity index (χ1n) is 7.75. The zero-order valence-corrected chi connectivity index (χ0v) is 14.7. The Hall–Kier alpha value is -1.88. The lowest BCUT2D eigenvalue weighted by atomic mass is 10.0. The van der Waals surface area contributed by atoms with Gasteiger partial charge in [0.2, 0.25) is 5.91 Å². The zero-order valence-electron chi connectivity index (χ0n) is 13.9. The summed E-state index contributed by atoms with van der Waals surface area (Å²) in [5.41, 5.74) is 0.950. The molecule has 0 heterocycles. The van der Waals surface area contributed by atoms with Crippen molar-refractivity contribution in [3.05, 3.63) is 48.0 Å². The highest BCUT2D eigenvalue weighted by Gasteiger charge is 2.31. The molecule has 0 aliphatic carbocycles. The van der Waals surface area contributed by atoms with E-state index in [-0.39, 0.29) is 6.04 Å². The van der Waals surface area contributed by atoms with Crippen molar-refractivity contribution in [2.24, 2.45) is 0 Å². The molecule has 0 fully saturated rings. The van der Waals surface area contributed by atoms with Gasteiger partial charge in [-0.1, -0.05) is 36.4 Å². The molecular weight excluding hydrogens is 310 g/mol. The lowest BCUT2D eigenvalue weighted by molar-refractivity contribution is -0.121. The van der Waals surface area contributed by atoms with Crippen LogP contribution in [0.2, 0.25) is 0 Å². The maximum absolute atomic E-state index is 12.3. The quantitative estimate of drug-likeness (QED) is 0.914. The third-order valence-electron chi connectivity index (χ3n) is 4.15. The molecule has 1 amide bonds. The molecule has 2 unspecified atom stereocenters. The molecule has 0 aliphatic rings. The van der Waals surface area contributed by atoms with E-state index in [0.29, 0.717) is 0 Å². The molecule has 0 spiro atoms. The fraction of sp³-hybridized carbons (Fsp3) is 0.389. The summed E-state index contributed by atoms with van der Waals surface area (Å²) in [5.74, 6) is -0.459. The van der Waals surface area contributed by atoms with Crippen LogP contribution in [0.5, 0.6) is 0 Å². The number of fused-ring (bicyclic) bond motifs is 1. The first kappa shape index (κ1) is 17.5. The van der Waals surface area contributed by atoms with Gasteiger partial charge in [0.1, 0.15) is 5.25 Å². The van der Waals surface area contributed by atoms with E-state index in [0.717, 1.165) is 16.3 Å². The highest BCUT2D eigenvalue weighted by Crippen LogP contribution is 2.21. The van der Waals surface area contributed by atoms with Gasteiger partial charge in [-0.3, -0.25) is 4.79 Å². The second-order valence-corrected chi connectivity index (χ2v) is 8.94. The van der Waals surface area contributed by atoms with Crippen LogP contribution >= 0.6 is 0 Å². The first-order valence-corrected chi connectivity index (χ1v) is 9.36. The molecule has 1 N–H and O–H groups in total. The van der Waals surface area contributed by atoms with Crippen LogP contribution in [-0.4, -0.2) is 24.8 Å². The zero-order chi connectivity index (χ0) is 17.2. The molecule has 0 saturated carbocycles. The number of carbonyl (C=O) groups excluding carboxylic acids is 1. The Balaban J connectivity index is 2.17. The monoisotopic (exact) mass is 333 g/mol. The van der Waals surface area contributed by atoms with Crippen molar-refractivity contribution in [2.75, 3.05) is 0 Å². The molecular formula is C18H23NO3S. The lowest BCUT2D eigenvalue weighted by Crippen LogP contribution is -2.41. The van der Waals surface area contributed by atoms with Crippen molar-refractivity contribution in [2.45, 2.75) is 44.2 Å². The molecule has 0 aromatic heterocycles. The molecule has 2 aromatic carbocycles. The van der Waals surface area contributed by atoms with Gasteiger partial charge in [0.05, 0.1) is 11.3 Å². The van der Waals surface area contributed by atoms with Crippen LogP contribution in [0.25, 0.3) is 10.8 Å². The van der Waals surface area contributed by atoms with Crippen molar-refractivity contribution in [1.29, 1.82) is 0 Å². The molecule has 23 heavy (non-hydrogen) atoms. The molecule has 0 radical (unpaired) electrons. The highest BCUT2D eigenvalue weighted by atomic mass is 32.2. The number of hydrogen-bond acceptors (Lipinski definition) is 3. The molecule has 2 rings (SSSR count). The summed E-state index contributed by atoms with van der Waals surface area (Å²) in [6, 6.07) is 13.7. The molecule has 2 aromatic rings. The number of sulfone groups is 1. The van der Waals surface area contributed by atoms with Gasteiger partial charge in [-0.2, -0.15) is 0 Å². The Kier molecular flexibility index (Phi) is 5.09. The Morgan fingerprint density at radius 1 is 0.957 bits per heavy atom. The van der Waals surface area contributed by atoms with E-state index in [1.165, 1.54) is 6.92 Å². The second-order valence-electron chi connectivity index (χ2n) is 6.12. The van der Waals surface area contributed by atoms with Crippen LogP contribution in [-0.2, 0) is 14.6 Å². The Labute approximate surface area is 137 Å². The van der Waals surface area contributed by atoms with Gasteiger partial charge >= 0.3 is 0 Å². The van der Waals surface area contributed by atoms with Gasteiger partial charge in [0.15, 0.2) is 9.84 Å². The number of benzene rings is 2. The SMILES string of the molecule is CC(NC(=O)C(C)S(=O)(=O)C(C)C)c1ccc2ccccc2c1. The second kappa shape index (κ2) is 6.71. The summed E-state index contributed by atoms with van der Waals surface area (Å²) in [6.07, 6.45) is 0. The van der Waals surface area contributed by atoms with Crippen LogP contribution in [0.15, 0.2) is 42.5 Å². The van der Waals surface area contributed by atoms with Gasteiger partial charge in [0, 0.05) is 0 Å². The summed E-state index contributed by atoms with van der Waals surface area (Å²) < 4.78 is 24.2. The van der Waals surface area contributed by atoms with Crippen LogP contribution in [0.3, 0.4) is 0 Å². The fourth-order valence-electron chi connectivity index (χ4n) is 2.45. The first-order chi connectivity index (χ1) is 10.7. The average molecular weight is 333 g/mol. The highest BCUT2D eigenvalue weighted by molar-refractivity contribution is 7.93. The normalized spacial score (nSPS) is 14.7. The molecule has 0 aliphatic heterocycles. The molecule has 0 saturated heterocycles. The summed E-state index contributed by atoms with van der Waals surface area (Å²) in [4.78, 5) is 12.3. The van der Waals surface area contributed by atoms with E-state index in [2.05, 4.69) is 5.32 Å². The van der Waals surface area contributed by atoms with E-state index in [4.69, 9.17) is 0 Å². The smallest absolute Gasteiger partial charge is 0.238 e. The van der Waals surface area contributed by atoms with Gasteiger partial charge < -0.3 is 5.32 Å². The number of amides is 1. The van der Waals surface area contributed by atoms with Crippen LogP contribution in [0.1, 0.15) is 39.3 Å². The summed E-state index contributed by atoms with van der Waals surface area (Å²) >= 11 is 0. The number of hydrogen-bond donors (Lipinski definition) is 1. The van der Waals surface area contributed by atoms with Crippen LogP contribution < -0.4 is 5.32 Å². The molecule has 4 nitrogen and oxygen atoms in total. The topological polar surface area (TPSA) is 63.2 Å². The van der Waals surface area contributed by atoms with Gasteiger partial charge in [-0.25, -0.2) is 8.42 Å². The minimum atomic E-state index is -3.45. The molecule has 0 bridgehead atoms. The van der Waals surface area contributed by atoms with Gasteiger partial charge in [-0.05, 0) is 50.1 Å². The van der Waals surface area contributed by atoms with Crippen LogP contribution in [0, 0.1) is 0 Å². The van der Waals surface area contributed by atoms with Crippen molar-refractivity contribution in [1.82, 2.24) is 5.32 Å². The van der Waals surface area contributed by atoms with Crippen molar-refractivity contribution < 1.29 is 13.2 Å². The Morgan fingerprint density at radius 3 is 2.17 bits per heavy atom.